The van der Waals surface area contributed by atoms with E-state index in [4.69, 9.17) is 9.47 Å². The predicted octanol–water partition coefficient (Wildman–Crippen LogP) is 3.64. The lowest BCUT2D eigenvalue weighted by Gasteiger charge is -2.32. The van der Waals surface area contributed by atoms with E-state index in [0.29, 0.717) is 49.3 Å². The van der Waals surface area contributed by atoms with E-state index < -0.39 is 80.0 Å². The summed E-state index contributed by atoms with van der Waals surface area (Å²) in [5.41, 5.74) is -1.58. The van der Waals surface area contributed by atoms with Crippen molar-refractivity contribution in [2.45, 2.75) is 101 Å². The summed E-state index contributed by atoms with van der Waals surface area (Å²) in [6, 6.07) is 1.94. The molecular weight excluding hydrogens is 697 g/mol. The highest BCUT2D eigenvalue weighted by molar-refractivity contribution is 7.91. The van der Waals surface area contributed by atoms with Crippen molar-refractivity contribution in [2.24, 2.45) is 17.8 Å². The second kappa shape index (κ2) is 14.2. The second-order valence-electron chi connectivity index (χ2n) is 14.8. The summed E-state index contributed by atoms with van der Waals surface area (Å²) in [5.74, 6) is -3.60. The number of ether oxygens (including phenoxy) is 2. The Hall–Kier alpha value is -4.47. The van der Waals surface area contributed by atoms with Crippen LogP contribution in [0, 0.1) is 23.6 Å². The van der Waals surface area contributed by atoms with Crippen LogP contribution in [0.4, 0.5) is 9.18 Å². The molecule has 0 spiro atoms. The highest BCUT2D eigenvalue weighted by atomic mass is 32.2. The molecule has 2 aromatic rings. The summed E-state index contributed by atoms with van der Waals surface area (Å²) in [7, 11) is -2.69. The number of hydrogen-bond donors (Lipinski definition) is 4. The molecule has 1 saturated heterocycles. The number of pyridine rings is 1. The third-order valence-corrected chi connectivity index (χ3v) is 13.5. The molecule has 14 nitrogen and oxygen atoms in total. The van der Waals surface area contributed by atoms with Crippen molar-refractivity contribution in [3.05, 3.63) is 42.4 Å². The monoisotopic (exact) mass is 743 g/mol. The predicted molar refractivity (Wildman–Crippen MR) is 187 cm³/mol. The van der Waals surface area contributed by atoms with Gasteiger partial charge in [-0.05, 0) is 80.4 Å². The average Bonchev–Trinajstić information content (AvgIpc) is 4.00. The lowest BCUT2D eigenvalue weighted by molar-refractivity contribution is -0.142. The standard InChI is InChI=1S/C36H46FN5O9S/c1-5-35(11-12-35)52(48,49)41-33(45)36-18-23(36)9-7-6-8-20(2)14-21(3)29(39-34(46)47)32(44)42-19-24(16-27(42)30(43)40-36)51-31-25-17-26(37)28(50-4)15-22(25)10-13-38-31/h7,9-10,13,15,17,20-21,23-24,27,29,39H,5-6,8,11-12,14,16,18-19H2,1-4H3,(H,40,43)(H,41,45)(H,46,47)/b9-7-/t20-,21-,23-,24-,27+,29+,36-/m1/s1. The Morgan fingerprint density at radius 1 is 1.19 bits per heavy atom. The van der Waals surface area contributed by atoms with Crippen LogP contribution in [0.2, 0.25) is 0 Å². The maximum Gasteiger partial charge on any atom is 0.405 e. The minimum Gasteiger partial charge on any atom is -0.494 e. The molecule has 6 rings (SSSR count). The number of amides is 4. The zero-order chi connectivity index (χ0) is 37.6. The van der Waals surface area contributed by atoms with Gasteiger partial charge in [0.1, 0.15) is 23.7 Å². The van der Waals surface area contributed by atoms with Crippen molar-refractivity contribution in [2.75, 3.05) is 13.7 Å². The number of methoxy groups -OCH3 is 1. The quantitative estimate of drug-likeness (QED) is 0.290. The van der Waals surface area contributed by atoms with Gasteiger partial charge in [0.2, 0.25) is 27.7 Å². The Labute approximate surface area is 301 Å². The molecule has 2 saturated carbocycles. The fourth-order valence-corrected chi connectivity index (χ4v) is 9.44. The topological polar surface area (TPSA) is 193 Å². The van der Waals surface area contributed by atoms with E-state index in [1.54, 1.807) is 19.9 Å². The van der Waals surface area contributed by atoms with Gasteiger partial charge in [0.25, 0.3) is 5.91 Å². The van der Waals surface area contributed by atoms with Crippen molar-refractivity contribution in [3.63, 3.8) is 0 Å². The molecule has 0 radical (unpaired) electrons. The Morgan fingerprint density at radius 2 is 1.94 bits per heavy atom. The van der Waals surface area contributed by atoms with Crippen LogP contribution in [-0.2, 0) is 24.4 Å². The zero-order valence-electron chi connectivity index (χ0n) is 29.7. The van der Waals surface area contributed by atoms with E-state index in [1.165, 1.54) is 30.3 Å². The van der Waals surface area contributed by atoms with Gasteiger partial charge in [-0.1, -0.05) is 32.9 Å². The number of carbonyl (C=O) groups is 4. The molecule has 2 aliphatic carbocycles. The number of carboxylic acid groups (broad SMARTS) is 1. The first kappa shape index (κ1) is 37.3. The van der Waals surface area contributed by atoms with Gasteiger partial charge in [-0.25, -0.2) is 22.6 Å². The number of fused-ring (bicyclic) bond motifs is 3. The Bertz CT molecular complexity index is 1900. The summed E-state index contributed by atoms with van der Waals surface area (Å²) in [6.07, 6.45) is 6.10. The number of nitrogens with zero attached hydrogens (tertiary/aromatic N) is 2. The molecule has 2 aliphatic heterocycles. The number of halogens is 1. The van der Waals surface area contributed by atoms with Crippen LogP contribution >= 0.6 is 0 Å². The number of rotatable bonds is 8. The van der Waals surface area contributed by atoms with Crippen molar-refractivity contribution < 1.29 is 46.6 Å². The largest absolute Gasteiger partial charge is 0.494 e. The van der Waals surface area contributed by atoms with Crippen molar-refractivity contribution in [3.8, 4) is 11.6 Å². The number of nitrogens with one attached hydrogen (secondary N) is 3. The fraction of sp³-hybridized carbons (Fsp3) is 0.583. The van der Waals surface area contributed by atoms with Gasteiger partial charge in [0, 0.05) is 23.9 Å². The highest BCUT2D eigenvalue weighted by Crippen LogP contribution is 2.49. The van der Waals surface area contributed by atoms with E-state index in [1.807, 2.05) is 19.1 Å². The highest BCUT2D eigenvalue weighted by Gasteiger charge is 2.63. The summed E-state index contributed by atoms with van der Waals surface area (Å²) < 4.78 is 54.0. The average molecular weight is 744 g/mol. The third kappa shape index (κ3) is 7.13. The van der Waals surface area contributed by atoms with E-state index >= 15 is 0 Å². The normalized spacial score (nSPS) is 30.8. The lowest BCUT2D eigenvalue weighted by atomic mass is 9.88. The number of hydrogen-bond acceptors (Lipinski definition) is 9. The van der Waals surface area contributed by atoms with Crippen LogP contribution in [0.25, 0.3) is 10.8 Å². The van der Waals surface area contributed by atoms with Crippen LogP contribution in [-0.4, -0.2) is 89.4 Å². The van der Waals surface area contributed by atoms with Crippen molar-refractivity contribution >= 4 is 44.6 Å². The van der Waals surface area contributed by atoms with Crippen LogP contribution in [0.3, 0.4) is 0 Å². The molecule has 4 amide bonds. The lowest BCUT2D eigenvalue weighted by Crippen LogP contribution is -2.59. The molecule has 0 bridgehead atoms. The third-order valence-electron chi connectivity index (χ3n) is 11.2. The van der Waals surface area contributed by atoms with Crippen LogP contribution in [0.1, 0.15) is 72.1 Å². The van der Waals surface area contributed by atoms with Crippen LogP contribution in [0.5, 0.6) is 11.6 Å². The molecule has 3 fully saturated rings. The van der Waals surface area contributed by atoms with E-state index in [0.717, 1.165) is 0 Å². The molecular formula is C36H46FN5O9S. The minimum atomic E-state index is -4.03. The number of aromatic nitrogens is 1. The number of allylic oxidation sites excluding steroid dienone is 1. The first-order valence-corrected chi connectivity index (χ1v) is 19.3. The molecule has 282 valence electrons. The smallest absolute Gasteiger partial charge is 0.405 e. The SMILES string of the molecule is CCC1(S(=O)(=O)NC(=O)[C@@]23C[C@H]2/C=C\CC[C@@H](C)C[C@@H](C)[C@H](NC(=O)O)C(=O)N2C[C@H](Oc4nccc5cc(OC)c(F)cc45)C[C@H]2C(=O)N3)CC1. The summed E-state index contributed by atoms with van der Waals surface area (Å²) in [6.45, 7) is 5.39. The number of sulfonamides is 1. The number of benzene rings is 1. The van der Waals surface area contributed by atoms with E-state index in [2.05, 4.69) is 20.3 Å². The first-order valence-electron chi connectivity index (χ1n) is 17.8. The first-order chi connectivity index (χ1) is 24.6. The van der Waals surface area contributed by atoms with Gasteiger partial charge in [-0.15, -0.1) is 0 Å². The maximum absolute atomic E-state index is 14.8. The zero-order valence-corrected chi connectivity index (χ0v) is 30.5. The van der Waals surface area contributed by atoms with Gasteiger partial charge in [-0.2, -0.15) is 0 Å². The molecule has 4 N–H and O–H groups in total. The summed E-state index contributed by atoms with van der Waals surface area (Å²) in [4.78, 5) is 60.0. The minimum absolute atomic E-state index is 0.0279. The second-order valence-corrected chi connectivity index (χ2v) is 16.9. The Morgan fingerprint density at radius 3 is 2.62 bits per heavy atom. The van der Waals surface area contributed by atoms with E-state index in [-0.39, 0.29) is 36.9 Å². The summed E-state index contributed by atoms with van der Waals surface area (Å²) in [5, 5.41) is 15.8. The van der Waals surface area contributed by atoms with Gasteiger partial charge in [0.15, 0.2) is 11.6 Å². The van der Waals surface area contributed by atoms with Gasteiger partial charge >= 0.3 is 6.09 Å². The molecule has 3 heterocycles. The molecule has 1 aromatic heterocycles. The molecule has 0 unspecified atom stereocenters. The Balaban J connectivity index is 1.34. The van der Waals surface area contributed by atoms with Crippen LogP contribution in [0.15, 0.2) is 36.5 Å². The molecule has 1 aromatic carbocycles. The molecule has 7 atom stereocenters. The molecule has 4 aliphatic rings. The van der Waals surface area contributed by atoms with Gasteiger partial charge in [-0.3, -0.25) is 19.1 Å². The van der Waals surface area contributed by atoms with Gasteiger partial charge in [0.05, 0.1) is 18.4 Å². The number of carbonyl (C=O) groups excluding carboxylic acids is 3. The van der Waals surface area contributed by atoms with E-state index in [9.17, 15) is 37.1 Å². The van der Waals surface area contributed by atoms with Crippen molar-refractivity contribution in [1.82, 2.24) is 25.2 Å². The molecule has 16 heteroatoms. The van der Waals surface area contributed by atoms with Crippen LogP contribution < -0.4 is 24.8 Å². The Kier molecular flexibility index (Phi) is 10.2. The summed E-state index contributed by atoms with van der Waals surface area (Å²) >= 11 is 0. The van der Waals surface area contributed by atoms with Gasteiger partial charge < -0.3 is 30.1 Å². The fourth-order valence-electron chi connectivity index (χ4n) is 7.78. The molecule has 52 heavy (non-hydrogen) atoms. The van der Waals surface area contributed by atoms with Crippen molar-refractivity contribution in [1.29, 1.82) is 0 Å². The maximum atomic E-state index is 14.8.